The lowest BCUT2D eigenvalue weighted by Gasteiger charge is -2.06. The number of hydrogen-bond donors (Lipinski definition) is 2. The Labute approximate surface area is 80.6 Å². The molecule has 0 saturated heterocycles. The first-order valence-electron chi connectivity index (χ1n) is 4.11. The van der Waals surface area contributed by atoms with Crippen LogP contribution in [-0.4, -0.2) is 17.3 Å². The van der Waals surface area contributed by atoms with E-state index >= 15 is 0 Å². The number of benzene rings is 1. The quantitative estimate of drug-likeness (QED) is 0.706. The van der Waals surface area contributed by atoms with Crippen LogP contribution in [0.1, 0.15) is 0 Å². The molecule has 0 saturated carbocycles. The van der Waals surface area contributed by atoms with Crippen LogP contribution in [0.5, 0.6) is 0 Å². The minimum absolute atomic E-state index is 0.124. The van der Waals surface area contributed by atoms with Gasteiger partial charge in [0, 0.05) is 6.21 Å². The first-order chi connectivity index (χ1) is 6.77. The molecule has 1 aliphatic rings. The van der Waals surface area contributed by atoms with Crippen LogP contribution < -0.4 is 5.32 Å². The fourth-order valence-electron chi connectivity index (χ4n) is 1.20. The van der Waals surface area contributed by atoms with Crippen LogP contribution >= 0.6 is 0 Å². The average Bonchev–Trinajstić information content (AvgIpc) is 2.39. The fraction of sp³-hybridized carbons (Fsp3) is 0. The van der Waals surface area contributed by atoms with E-state index < -0.39 is 5.97 Å². The Morgan fingerprint density at radius 3 is 2.93 bits per heavy atom. The van der Waals surface area contributed by atoms with Gasteiger partial charge in [0.05, 0.1) is 11.4 Å². The Morgan fingerprint density at radius 2 is 2.14 bits per heavy atom. The van der Waals surface area contributed by atoms with Crippen LogP contribution in [0.15, 0.2) is 41.0 Å². The smallest absolute Gasteiger partial charge is 0.352 e. The standard InChI is InChI=1S/C10H8N2O2/c13-10(14)9-5-6-11-7-3-1-2-4-8(7)12-9/h1-6,12H,(H,13,14). The van der Waals surface area contributed by atoms with Crippen molar-refractivity contribution in [1.29, 1.82) is 0 Å². The first-order valence-corrected chi connectivity index (χ1v) is 4.11. The second-order valence-electron chi connectivity index (χ2n) is 2.81. The van der Waals surface area contributed by atoms with Crippen molar-refractivity contribution in [3.8, 4) is 0 Å². The third-order valence-electron chi connectivity index (χ3n) is 1.86. The summed E-state index contributed by atoms with van der Waals surface area (Å²) in [5, 5.41) is 11.6. The van der Waals surface area contributed by atoms with Crippen molar-refractivity contribution < 1.29 is 9.90 Å². The third-order valence-corrected chi connectivity index (χ3v) is 1.86. The Hall–Kier alpha value is -2.10. The van der Waals surface area contributed by atoms with Gasteiger partial charge in [0.1, 0.15) is 5.70 Å². The van der Waals surface area contributed by atoms with Gasteiger partial charge in [-0.1, -0.05) is 12.1 Å². The maximum absolute atomic E-state index is 10.7. The summed E-state index contributed by atoms with van der Waals surface area (Å²) in [5.74, 6) is -0.992. The number of nitrogens with one attached hydrogen (secondary N) is 1. The fourth-order valence-corrected chi connectivity index (χ4v) is 1.20. The summed E-state index contributed by atoms with van der Waals surface area (Å²) in [6.07, 6.45) is 2.91. The zero-order valence-corrected chi connectivity index (χ0v) is 7.27. The van der Waals surface area contributed by atoms with Crippen LogP contribution in [0.2, 0.25) is 0 Å². The van der Waals surface area contributed by atoms with Crippen LogP contribution in [-0.2, 0) is 4.79 Å². The topological polar surface area (TPSA) is 61.7 Å². The number of carboxylic acid groups (broad SMARTS) is 1. The molecule has 2 rings (SSSR count). The molecule has 1 aromatic rings. The van der Waals surface area contributed by atoms with Gasteiger partial charge in [-0.3, -0.25) is 4.99 Å². The van der Waals surface area contributed by atoms with Gasteiger partial charge in [-0.25, -0.2) is 4.79 Å². The monoisotopic (exact) mass is 188 g/mol. The number of aliphatic carboxylic acids is 1. The second-order valence-corrected chi connectivity index (χ2v) is 2.81. The molecular formula is C10H8N2O2. The lowest BCUT2D eigenvalue weighted by Crippen LogP contribution is -2.09. The molecule has 70 valence electrons. The normalized spacial score (nSPS) is 13.6. The van der Waals surface area contributed by atoms with Crippen molar-refractivity contribution in [3.63, 3.8) is 0 Å². The molecule has 1 aliphatic heterocycles. The highest BCUT2D eigenvalue weighted by atomic mass is 16.4. The second kappa shape index (κ2) is 3.33. The number of nitrogens with zero attached hydrogens (tertiary/aromatic N) is 1. The van der Waals surface area contributed by atoms with Gasteiger partial charge in [0.25, 0.3) is 0 Å². The lowest BCUT2D eigenvalue weighted by molar-refractivity contribution is -0.132. The van der Waals surface area contributed by atoms with Crippen LogP contribution in [0.4, 0.5) is 11.4 Å². The van der Waals surface area contributed by atoms with Crippen molar-refractivity contribution in [3.05, 3.63) is 36.0 Å². The number of carbonyl (C=O) groups is 1. The minimum atomic E-state index is -0.992. The molecule has 0 atom stereocenters. The van der Waals surface area contributed by atoms with E-state index in [0.717, 1.165) is 5.69 Å². The number of carboxylic acids is 1. The average molecular weight is 188 g/mol. The summed E-state index contributed by atoms with van der Waals surface area (Å²) in [4.78, 5) is 14.8. The molecule has 0 fully saturated rings. The molecule has 0 unspecified atom stereocenters. The molecular weight excluding hydrogens is 180 g/mol. The van der Waals surface area contributed by atoms with E-state index in [9.17, 15) is 4.79 Å². The van der Waals surface area contributed by atoms with Gasteiger partial charge < -0.3 is 10.4 Å². The number of rotatable bonds is 1. The van der Waals surface area contributed by atoms with Crippen LogP contribution in [0, 0.1) is 0 Å². The van der Waals surface area contributed by atoms with Crippen molar-refractivity contribution in [2.75, 3.05) is 5.32 Å². The van der Waals surface area contributed by atoms with Gasteiger partial charge >= 0.3 is 5.97 Å². The summed E-state index contributed by atoms with van der Waals surface area (Å²) >= 11 is 0. The van der Waals surface area contributed by atoms with E-state index in [1.807, 2.05) is 18.2 Å². The Balaban J connectivity index is 2.42. The summed E-state index contributed by atoms with van der Waals surface area (Å²) in [7, 11) is 0. The van der Waals surface area contributed by atoms with E-state index in [2.05, 4.69) is 10.3 Å². The highest BCUT2D eigenvalue weighted by Gasteiger charge is 2.10. The Bertz CT molecular complexity index is 436. The van der Waals surface area contributed by atoms with Gasteiger partial charge in [-0.15, -0.1) is 0 Å². The Morgan fingerprint density at radius 1 is 1.36 bits per heavy atom. The van der Waals surface area contributed by atoms with Gasteiger partial charge in [-0.2, -0.15) is 0 Å². The van der Waals surface area contributed by atoms with Crippen LogP contribution in [0.25, 0.3) is 0 Å². The number of anilines is 1. The van der Waals surface area contributed by atoms with Crippen molar-refractivity contribution in [2.45, 2.75) is 0 Å². The molecule has 0 bridgehead atoms. The Kier molecular flexibility index (Phi) is 2.02. The third kappa shape index (κ3) is 1.50. The SMILES string of the molecule is O=C(O)C1=CC=Nc2ccccc2N1. The van der Waals surface area contributed by atoms with E-state index in [0.29, 0.717) is 5.69 Å². The predicted octanol–water partition coefficient (Wildman–Crippen LogP) is 1.78. The summed E-state index contributed by atoms with van der Waals surface area (Å²) in [6.45, 7) is 0. The molecule has 0 amide bonds. The molecule has 0 spiro atoms. The molecule has 1 aromatic carbocycles. The minimum Gasteiger partial charge on any atom is -0.477 e. The molecule has 4 heteroatoms. The zero-order valence-electron chi connectivity index (χ0n) is 7.27. The highest BCUT2D eigenvalue weighted by Crippen LogP contribution is 2.26. The molecule has 14 heavy (non-hydrogen) atoms. The maximum atomic E-state index is 10.7. The lowest BCUT2D eigenvalue weighted by atomic mass is 10.2. The van der Waals surface area contributed by atoms with Crippen molar-refractivity contribution in [2.24, 2.45) is 4.99 Å². The van der Waals surface area contributed by atoms with Gasteiger partial charge in [0.15, 0.2) is 0 Å². The predicted molar refractivity (Wildman–Crippen MR) is 53.9 cm³/mol. The van der Waals surface area contributed by atoms with E-state index in [1.165, 1.54) is 12.3 Å². The van der Waals surface area contributed by atoms with E-state index in [4.69, 9.17) is 5.11 Å². The number of aliphatic imine (C=N–C) groups is 1. The number of allylic oxidation sites excluding steroid dienone is 1. The van der Waals surface area contributed by atoms with Crippen molar-refractivity contribution in [1.82, 2.24) is 0 Å². The van der Waals surface area contributed by atoms with E-state index in [-0.39, 0.29) is 5.70 Å². The molecule has 0 radical (unpaired) electrons. The summed E-state index contributed by atoms with van der Waals surface area (Å²) < 4.78 is 0. The van der Waals surface area contributed by atoms with Gasteiger partial charge in [0.2, 0.25) is 0 Å². The molecule has 0 aromatic heterocycles. The van der Waals surface area contributed by atoms with E-state index in [1.54, 1.807) is 6.07 Å². The zero-order chi connectivity index (χ0) is 9.97. The number of para-hydroxylation sites is 2. The van der Waals surface area contributed by atoms with Crippen molar-refractivity contribution >= 4 is 23.6 Å². The summed E-state index contributed by atoms with van der Waals surface area (Å²) in [6, 6.07) is 7.28. The molecule has 1 heterocycles. The first kappa shape index (κ1) is 8.50. The highest BCUT2D eigenvalue weighted by molar-refractivity contribution is 5.98. The maximum Gasteiger partial charge on any atom is 0.352 e. The number of fused-ring (bicyclic) bond motifs is 1. The number of hydrogen-bond acceptors (Lipinski definition) is 3. The van der Waals surface area contributed by atoms with Crippen LogP contribution in [0.3, 0.4) is 0 Å². The molecule has 2 N–H and O–H groups in total. The molecule has 0 aliphatic carbocycles. The summed E-state index contributed by atoms with van der Waals surface area (Å²) in [5.41, 5.74) is 1.56. The van der Waals surface area contributed by atoms with Gasteiger partial charge in [-0.05, 0) is 18.2 Å². The largest absolute Gasteiger partial charge is 0.477 e. The molecule has 4 nitrogen and oxygen atoms in total.